The quantitative estimate of drug-likeness (QED) is 0.504. The van der Waals surface area contributed by atoms with Crippen LogP contribution in [0.3, 0.4) is 0 Å². The largest absolute Gasteiger partial charge is 0.305 e. The van der Waals surface area contributed by atoms with Crippen LogP contribution in [-0.2, 0) is 4.79 Å². The summed E-state index contributed by atoms with van der Waals surface area (Å²) in [5, 5.41) is 0.532. The second-order valence-electron chi connectivity index (χ2n) is 7.71. The molecule has 4 nitrogen and oxygen atoms in total. The zero-order valence-electron chi connectivity index (χ0n) is 17.3. The van der Waals surface area contributed by atoms with Gasteiger partial charge in [-0.25, -0.2) is 4.39 Å². The highest BCUT2D eigenvalue weighted by Crippen LogP contribution is 2.43. The molecule has 3 aromatic rings. The number of carbonyl (C=O) groups excluding carboxylic acids is 2. The zero-order valence-corrected chi connectivity index (χ0v) is 18.0. The molecule has 1 heterocycles. The predicted molar refractivity (Wildman–Crippen MR) is 121 cm³/mol. The molecule has 6 heteroatoms. The van der Waals surface area contributed by atoms with Gasteiger partial charge >= 0.3 is 0 Å². The lowest BCUT2D eigenvalue weighted by Crippen LogP contribution is -2.47. The van der Waals surface area contributed by atoms with Gasteiger partial charge in [-0.15, -0.1) is 0 Å². The van der Waals surface area contributed by atoms with Crippen molar-refractivity contribution in [3.05, 3.63) is 94.8 Å². The fraction of sp³-hybridized carbons (Fsp3) is 0.200. The summed E-state index contributed by atoms with van der Waals surface area (Å²) in [6.07, 6.45) is 0.536. The van der Waals surface area contributed by atoms with E-state index in [9.17, 15) is 14.0 Å². The highest BCUT2D eigenvalue weighted by atomic mass is 35.5. The lowest BCUT2D eigenvalue weighted by molar-refractivity contribution is -0.117. The Hall–Kier alpha value is -3.18. The van der Waals surface area contributed by atoms with Crippen LogP contribution in [0.5, 0.6) is 0 Å². The first-order chi connectivity index (χ1) is 14.9. The number of benzene rings is 3. The minimum absolute atomic E-state index is 0.0902. The number of carbonyl (C=O) groups is 2. The molecular weight excluding hydrogens is 415 g/mol. The van der Waals surface area contributed by atoms with Crippen molar-refractivity contribution >= 4 is 34.8 Å². The van der Waals surface area contributed by atoms with E-state index in [0.717, 1.165) is 11.3 Å². The molecule has 2 amide bonds. The minimum atomic E-state index is -0.393. The maximum Gasteiger partial charge on any atom is 0.258 e. The molecule has 31 heavy (non-hydrogen) atoms. The number of amides is 2. The van der Waals surface area contributed by atoms with Crippen molar-refractivity contribution in [3.8, 4) is 0 Å². The topological polar surface area (TPSA) is 40.6 Å². The Morgan fingerprint density at radius 3 is 2.35 bits per heavy atom. The van der Waals surface area contributed by atoms with Crippen molar-refractivity contribution in [2.24, 2.45) is 0 Å². The van der Waals surface area contributed by atoms with Gasteiger partial charge in [-0.3, -0.25) is 9.59 Å². The number of hydrogen-bond donors (Lipinski definition) is 0. The molecule has 0 spiro atoms. The van der Waals surface area contributed by atoms with E-state index in [4.69, 9.17) is 11.6 Å². The van der Waals surface area contributed by atoms with E-state index in [2.05, 4.69) is 0 Å². The summed E-state index contributed by atoms with van der Waals surface area (Å²) >= 11 is 6.32. The normalized spacial score (nSPS) is 17.7. The van der Waals surface area contributed by atoms with Gasteiger partial charge in [0.2, 0.25) is 5.91 Å². The van der Waals surface area contributed by atoms with Crippen molar-refractivity contribution in [2.45, 2.75) is 32.4 Å². The maximum atomic E-state index is 13.4. The van der Waals surface area contributed by atoms with Crippen LogP contribution in [0.1, 0.15) is 42.2 Å². The van der Waals surface area contributed by atoms with Crippen LogP contribution in [0.15, 0.2) is 72.8 Å². The minimum Gasteiger partial charge on any atom is -0.305 e. The molecule has 0 aromatic heterocycles. The summed E-state index contributed by atoms with van der Waals surface area (Å²) in [5.74, 6) is -0.702. The number of hydrogen-bond acceptors (Lipinski definition) is 2. The van der Waals surface area contributed by atoms with Crippen LogP contribution in [0.4, 0.5) is 15.8 Å². The van der Waals surface area contributed by atoms with Gasteiger partial charge in [-0.1, -0.05) is 29.8 Å². The highest BCUT2D eigenvalue weighted by Gasteiger charge is 2.38. The van der Waals surface area contributed by atoms with Gasteiger partial charge in [-0.05, 0) is 67.9 Å². The van der Waals surface area contributed by atoms with E-state index in [1.165, 1.54) is 31.2 Å². The molecule has 2 atom stereocenters. The first-order valence-electron chi connectivity index (χ1n) is 10.1. The van der Waals surface area contributed by atoms with Crippen LogP contribution >= 0.6 is 11.6 Å². The number of fused-ring (bicyclic) bond motifs is 1. The van der Waals surface area contributed by atoms with E-state index >= 15 is 0 Å². The van der Waals surface area contributed by atoms with Crippen LogP contribution in [0.25, 0.3) is 0 Å². The Kier molecular flexibility index (Phi) is 5.79. The van der Waals surface area contributed by atoms with E-state index in [0.29, 0.717) is 22.7 Å². The molecule has 3 aromatic carbocycles. The van der Waals surface area contributed by atoms with Crippen LogP contribution in [-0.4, -0.2) is 17.9 Å². The fourth-order valence-corrected chi connectivity index (χ4v) is 4.44. The van der Waals surface area contributed by atoms with E-state index in [1.807, 2.05) is 49.4 Å². The average Bonchev–Trinajstić information content (AvgIpc) is 2.75. The van der Waals surface area contributed by atoms with Gasteiger partial charge in [0.1, 0.15) is 5.82 Å². The second-order valence-corrected chi connectivity index (χ2v) is 8.15. The van der Waals surface area contributed by atoms with Gasteiger partial charge in [0.15, 0.2) is 0 Å². The number of rotatable bonds is 3. The number of nitrogens with zero attached hydrogens (tertiary/aromatic N) is 2. The molecule has 0 saturated carbocycles. The van der Waals surface area contributed by atoms with Crippen molar-refractivity contribution in [1.29, 1.82) is 0 Å². The van der Waals surface area contributed by atoms with Crippen LogP contribution in [0.2, 0.25) is 5.02 Å². The number of anilines is 2. The first kappa shape index (κ1) is 21.1. The maximum absolute atomic E-state index is 13.4. The second kappa shape index (κ2) is 8.52. The smallest absolute Gasteiger partial charge is 0.258 e. The van der Waals surface area contributed by atoms with Crippen LogP contribution < -0.4 is 9.80 Å². The summed E-state index contributed by atoms with van der Waals surface area (Å²) in [6.45, 7) is 3.49. The standard InChI is InChI=1S/C25H22ClFN2O2/c1-16-14-24(29(17(2)30)21-6-4-3-5-7-21)22-15-19(26)10-13-23(22)28(16)25(31)18-8-11-20(27)12-9-18/h3-13,15-16,24H,14H2,1-2H3/t16-,24+/m1/s1. The molecule has 0 fully saturated rings. The van der Waals surface area contributed by atoms with E-state index in [-0.39, 0.29) is 23.9 Å². The monoisotopic (exact) mass is 436 g/mol. The van der Waals surface area contributed by atoms with Crippen molar-refractivity contribution in [3.63, 3.8) is 0 Å². The lowest BCUT2D eigenvalue weighted by Gasteiger charge is -2.43. The Morgan fingerprint density at radius 1 is 1.03 bits per heavy atom. The molecule has 158 valence electrons. The van der Waals surface area contributed by atoms with Gasteiger partial charge in [-0.2, -0.15) is 0 Å². The molecule has 0 unspecified atom stereocenters. The molecule has 1 aliphatic rings. The molecule has 0 bridgehead atoms. The van der Waals surface area contributed by atoms with Gasteiger partial charge in [0.25, 0.3) is 5.91 Å². The molecule has 1 aliphatic heterocycles. The summed E-state index contributed by atoms with van der Waals surface area (Å²) in [4.78, 5) is 29.5. The van der Waals surface area contributed by atoms with Gasteiger partial charge in [0.05, 0.1) is 6.04 Å². The van der Waals surface area contributed by atoms with Crippen molar-refractivity contribution in [2.75, 3.05) is 9.80 Å². The summed E-state index contributed by atoms with van der Waals surface area (Å²) in [6, 6.07) is 19.9. The molecular formula is C25H22ClFN2O2. The first-order valence-corrected chi connectivity index (χ1v) is 10.5. The Morgan fingerprint density at radius 2 is 1.71 bits per heavy atom. The highest BCUT2D eigenvalue weighted by molar-refractivity contribution is 6.30. The van der Waals surface area contributed by atoms with E-state index < -0.39 is 5.82 Å². The molecule has 0 saturated heterocycles. The average molecular weight is 437 g/mol. The molecule has 0 N–H and O–H groups in total. The van der Waals surface area contributed by atoms with Crippen molar-refractivity contribution in [1.82, 2.24) is 0 Å². The zero-order chi connectivity index (χ0) is 22.1. The molecule has 0 aliphatic carbocycles. The predicted octanol–water partition coefficient (Wildman–Crippen LogP) is 6.01. The third-order valence-corrected chi connectivity index (χ3v) is 5.84. The Bertz CT molecular complexity index is 1120. The third kappa shape index (κ3) is 4.06. The fourth-order valence-electron chi connectivity index (χ4n) is 4.26. The molecule has 0 radical (unpaired) electrons. The lowest BCUT2D eigenvalue weighted by atomic mass is 9.89. The summed E-state index contributed by atoms with van der Waals surface area (Å²) < 4.78 is 13.4. The number of halogens is 2. The Balaban J connectivity index is 1.81. The van der Waals surface area contributed by atoms with Gasteiger partial charge in [0, 0.05) is 40.5 Å². The Labute approximate surface area is 185 Å². The van der Waals surface area contributed by atoms with Crippen LogP contribution in [0, 0.1) is 5.82 Å². The summed E-state index contributed by atoms with van der Waals surface area (Å²) in [5.41, 5.74) is 2.69. The van der Waals surface area contributed by atoms with Crippen molar-refractivity contribution < 1.29 is 14.0 Å². The SMILES string of the molecule is CC(=O)N(c1ccccc1)[C@H]1C[C@@H](C)N(C(=O)c2ccc(F)cc2)c2ccc(Cl)cc21. The third-order valence-electron chi connectivity index (χ3n) is 5.61. The summed E-state index contributed by atoms with van der Waals surface area (Å²) in [7, 11) is 0. The number of para-hydroxylation sites is 1. The van der Waals surface area contributed by atoms with E-state index in [1.54, 1.807) is 15.9 Å². The molecule has 4 rings (SSSR count). The van der Waals surface area contributed by atoms with Gasteiger partial charge < -0.3 is 9.80 Å².